The van der Waals surface area contributed by atoms with Gasteiger partial charge in [0.2, 0.25) is 0 Å². The molecule has 1 aliphatic carbocycles. The maximum Gasteiger partial charge on any atom is 0.351 e. The molecule has 1 heterocycles. The molecule has 0 fully saturated rings. The molecule has 0 saturated carbocycles. The van der Waals surface area contributed by atoms with E-state index in [-0.39, 0.29) is 5.70 Å². The largest absolute Gasteiger partial charge is 0.477 e. The summed E-state index contributed by atoms with van der Waals surface area (Å²) in [6.07, 6.45) is 3.12. The van der Waals surface area contributed by atoms with Gasteiger partial charge in [-0.15, -0.1) is 0 Å². The second-order valence-electron chi connectivity index (χ2n) is 4.84. The van der Waals surface area contributed by atoms with Crippen molar-refractivity contribution in [3.05, 3.63) is 35.6 Å². The molecule has 2 N–H and O–H groups in total. The lowest BCUT2D eigenvalue weighted by molar-refractivity contribution is -0.133. The maximum atomic E-state index is 14.0. The molecule has 0 radical (unpaired) electrons. The van der Waals surface area contributed by atoms with Crippen molar-refractivity contribution in [3.8, 4) is 0 Å². The van der Waals surface area contributed by atoms with E-state index in [9.17, 15) is 13.6 Å². The van der Waals surface area contributed by atoms with Crippen LogP contribution < -0.4 is 5.32 Å². The van der Waals surface area contributed by atoms with Crippen molar-refractivity contribution >= 4 is 5.97 Å². The monoisotopic (exact) mass is 301 g/mol. The lowest BCUT2D eigenvalue weighted by atomic mass is 9.85. The highest BCUT2D eigenvalue weighted by atomic mass is 19.1. The normalized spacial score (nSPS) is 28.0. The number of hydrogen-bond acceptors (Lipinski definition) is 4. The summed E-state index contributed by atoms with van der Waals surface area (Å²) in [5.74, 6) is -3.35. The van der Waals surface area contributed by atoms with Gasteiger partial charge >= 0.3 is 5.97 Å². The predicted octanol–water partition coefficient (Wildman–Crippen LogP) is 1.68. The third kappa shape index (κ3) is 3.68. The molecule has 0 aromatic rings. The van der Waals surface area contributed by atoms with Crippen LogP contribution in [-0.4, -0.2) is 43.5 Å². The molecule has 7 heteroatoms. The van der Waals surface area contributed by atoms with Gasteiger partial charge in [0, 0.05) is 26.4 Å². The van der Waals surface area contributed by atoms with Gasteiger partial charge in [-0.2, -0.15) is 0 Å². The minimum atomic E-state index is -1.19. The molecule has 21 heavy (non-hydrogen) atoms. The van der Waals surface area contributed by atoms with Gasteiger partial charge in [0.25, 0.3) is 0 Å². The van der Waals surface area contributed by atoms with Gasteiger partial charge in [-0.3, -0.25) is 0 Å². The molecule has 0 spiro atoms. The maximum absolute atomic E-state index is 14.0. The Kier molecular flexibility index (Phi) is 5.08. The number of carboxylic acid groups (broad SMARTS) is 1. The summed E-state index contributed by atoms with van der Waals surface area (Å²) in [5.41, 5.74) is -0.119. The molecular weight excluding hydrogens is 284 g/mol. The molecule has 0 saturated heterocycles. The first-order valence-corrected chi connectivity index (χ1v) is 6.59. The lowest BCUT2D eigenvalue weighted by Crippen LogP contribution is -2.48. The first-order valence-electron chi connectivity index (χ1n) is 6.59. The van der Waals surface area contributed by atoms with E-state index < -0.39 is 35.7 Å². The van der Waals surface area contributed by atoms with Crippen molar-refractivity contribution < 1.29 is 28.2 Å². The first-order chi connectivity index (χ1) is 10.0. The van der Waals surface area contributed by atoms with Gasteiger partial charge in [-0.1, -0.05) is 0 Å². The van der Waals surface area contributed by atoms with E-state index in [1.807, 2.05) is 0 Å². The zero-order valence-corrected chi connectivity index (χ0v) is 11.5. The van der Waals surface area contributed by atoms with E-state index in [1.165, 1.54) is 6.08 Å². The van der Waals surface area contributed by atoms with E-state index in [0.717, 1.165) is 12.2 Å². The summed E-state index contributed by atoms with van der Waals surface area (Å²) in [6.45, 7) is 0.784. The zero-order valence-electron chi connectivity index (χ0n) is 11.5. The minimum Gasteiger partial charge on any atom is -0.477 e. The molecule has 3 atom stereocenters. The average Bonchev–Trinajstić information content (AvgIpc) is 2.42. The van der Waals surface area contributed by atoms with E-state index in [1.54, 1.807) is 7.11 Å². The van der Waals surface area contributed by atoms with Crippen LogP contribution in [0.4, 0.5) is 8.78 Å². The SMILES string of the molecule is COCCCOC1C=C(C(=O)O)NC2C=C(F)C=C(F)C21. The van der Waals surface area contributed by atoms with Crippen LogP contribution in [0.15, 0.2) is 35.6 Å². The number of fused-ring (bicyclic) bond motifs is 1. The third-order valence-corrected chi connectivity index (χ3v) is 3.36. The van der Waals surface area contributed by atoms with Crippen molar-refractivity contribution in [1.29, 1.82) is 0 Å². The molecule has 0 aromatic heterocycles. The van der Waals surface area contributed by atoms with Crippen LogP contribution in [0.3, 0.4) is 0 Å². The van der Waals surface area contributed by atoms with Crippen LogP contribution in [-0.2, 0) is 14.3 Å². The van der Waals surface area contributed by atoms with Gasteiger partial charge in [0.05, 0.1) is 18.1 Å². The number of nitrogens with one attached hydrogen (secondary N) is 1. The van der Waals surface area contributed by atoms with Gasteiger partial charge in [0.1, 0.15) is 17.4 Å². The van der Waals surface area contributed by atoms with Crippen molar-refractivity contribution in [2.75, 3.05) is 20.3 Å². The third-order valence-electron chi connectivity index (χ3n) is 3.36. The lowest BCUT2D eigenvalue weighted by Gasteiger charge is -2.36. The number of allylic oxidation sites excluding steroid dienone is 2. The summed E-state index contributed by atoms with van der Waals surface area (Å²) >= 11 is 0. The Bertz CT molecular complexity index is 501. The molecular formula is C14H17F2NO4. The number of ether oxygens (including phenoxy) is 2. The fraction of sp³-hybridized carbons (Fsp3) is 0.500. The summed E-state index contributed by atoms with van der Waals surface area (Å²) in [5, 5.41) is 11.7. The predicted molar refractivity (Wildman–Crippen MR) is 70.7 cm³/mol. The summed E-state index contributed by atoms with van der Waals surface area (Å²) in [7, 11) is 1.56. The van der Waals surface area contributed by atoms with E-state index in [2.05, 4.69) is 5.32 Å². The van der Waals surface area contributed by atoms with Crippen LogP contribution >= 0.6 is 0 Å². The number of aliphatic carboxylic acids is 1. The highest BCUT2D eigenvalue weighted by Crippen LogP contribution is 2.34. The van der Waals surface area contributed by atoms with Crippen LogP contribution in [0.25, 0.3) is 0 Å². The van der Waals surface area contributed by atoms with Gasteiger partial charge < -0.3 is 19.9 Å². The van der Waals surface area contributed by atoms with Crippen LogP contribution in [0, 0.1) is 5.92 Å². The molecule has 2 aliphatic rings. The van der Waals surface area contributed by atoms with Crippen molar-refractivity contribution in [2.24, 2.45) is 5.92 Å². The first kappa shape index (κ1) is 15.7. The molecule has 0 amide bonds. The Morgan fingerprint density at radius 1 is 1.38 bits per heavy atom. The molecule has 3 unspecified atom stereocenters. The van der Waals surface area contributed by atoms with Gasteiger partial charge in [-0.25, -0.2) is 13.6 Å². The highest BCUT2D eigenvalue weighted by Gasteiger charge is 2.39. The smallest absolute Gasteiger partial charge is 0.351 e. The number of methoxy groups -OCH3 is 1. The van der Waals surface area contributed by atoms with Crippen molar-refractivity contribution in [1.82, 2.24) is 5.32 Å². The van der Waals surface area contributed by atoms with E-state index >= 15 is 0 Å². The molecule has 116 valence electrons. The van der Waals surface area contributed by atoms with Crippen LogP contribution in [0.5, 0.6) is 0 Å². The van der Waals surface area contributed by atoms with Crippen molar-refractivity contribution in [3.63, 3.8) is 0 Å². The van der Waals surface area contributed by atoms with Crippen molar-refractivity contribution in [2.45, 2.75) is 18.6 Å². The fourth-order valence-electron chi connectivity index (χ4n) is 2.42. The molecule has 1 aliphatic heterocycles. The average molecular weight is 301 g/mol. The number of hydrogen-bond donors (Lipinski definition) is 2. The zero-order chi connectivity index (χ0) is 15.4. The van der Waals surface area contributed by atoms with Gasteiger partial charge in [0.15, 0.2) is 0 Å². The summed E-state index contributed by atoms with van der Waals surface area (Å²) in [4.78, 5) is 11.1. The molecule has 2 rings (SSSR count). The Morgan fingerprint density at radius 3 is 2.81 bits per heavy atom. The number of rotatable bonds is 6. The molecule has 0 bridgehead atoms. The Labute approximate surface area is 120 Å². The molecule has 0 aromatic carbocycles. The van der Waals surface area contributed by atoms with Crippen LogP contribution in [0.1, 0.15) is 6.42 Å². The second kappa shape index (κ2) is 6.82. The highest BCUT2D eigenvalue weighted by molar-refractivity contribution is 5.86. The number of carbonyl (C=O) groups is 1. The summed E-state index contributed by atoms with van der Waals surface area (Å²) in [6, 6.07) is -0.779. The van der Waals surface area contributed by atoms with Gasteiger partial charge in [-0.05, 0) is 18.6 Å². The number of carboxylic acids is 1. The topological polar surface area (TPSA) is 67.8 Å². The Morgan fingerprint density at radius 2 is 2.14 bits per heavy atom. The minimum absolute atomic E-state index is 0.119. The Balaban J connectivity index is 2.16. The Hall–Kier alpha value is -1.73. The van der Waals surface area contributed by atoms with E-state index in [0.29, 0.717) is 19.6 Å². The number of halogens is 2. The standard InChI is InChI=1S/C14H17F2NO4/c1-20-3-2-4-21-12-7-11(14(18)19)17-10-6-8(15)5-9(16)13(10)12/h5-7,10,12-13,17H,2-4H2,1H3,(H,18,19). The fourth-order valence-corrected chi connectivity index (χ4v) is 2.42. The molecule has 5 nitrogen and oxygen atoms in total. The quantitative estimate of drug-likeness (QED) is 0.731. The van der Waals surface area contributed by atoms with Crippen LogP contribution in [0.2, 0.25) is 0 Å². The van der Waals surface area contributed by atoms with E-state index in [4.69, 9.17) is 14.6 Å². The summed E-state index contributed by atoms with van der Waals surface area (Å²) < 4.78 is 37.7. The second-order valence-corrected chi connectivity index (χ2v) is 4.84.